The number of hydrogen-bond donors (Lipinski definition) is 4. The first-order valence-corrected chi connectivity index (χ1v) is 10.4. The molecule has 1 aromatic carbocycles. The fourth-order valence-electron chi connectivity index (χ4n) is 4.00. The summed E-state index contributed by atoms with van der Waals surface area (Å²) in [5, 5.41) is 22.2. The summed E-state index contributed by atoms with van der Waals surface area (Å²) >= 11 is 0. The van der Waals surface area contributed by atoms with E-state index < -0.39 is 13.0 Å². The van der Waals surface area contributed by atoms with E-state index in [1.807, 2.05) is 13.0 Å². The van der Waals surface area contributed by atoms with E-state index in [1.165, 1.54) is 0 Å². The third-order valence-electron chi connectivity index (χ3n) is 5.59. The molecule has 1 amide bonds. The van der Waals surface area contributed by atoms with E-state index in [-0.39, 0.29) is 0 Å². The van der Waals surface area contributed by atoms with E-state index in [0.29, 0.717) is 59.5 Å². The number of fused-ring (bicyclic) bond motifs is 2. The number of aryl methyl sites for hydroxylation is 1. The highest BCUT2D eigenvalue weighted by molar-refractivity contribution is 6.58. The number of nitrogens with one attached hydrogen (secondary N) is 1. The smallest absolute Gasteiger partial charge is 0.423 e. The number of amides is 1. The minimum Gasteiger partial charge on any atom is -0.423 e. The van der Waals surface area contributed by atoms with Gasteiger partial charge in [-0.05, 0) is 30.1 Å². The molecule has 0 aliphatic carbocycles. The number of carbonyl (C=O) groups is 1. The van der Waals surface area contributed by atoms with E-state index in [4.69, 9.17) is 20.4 Å². The SMILES string of the molecule is Cc1nc2c(C(N)=O)cccn2c1-c1nc2c(c(NCc3cccc(B(O)O)c3)n1)COC2. The van der Waals surface area contributed by atoms with Gasteiger partial charge in [-0.1, -0.05) is 24.3 Å². The summed E-state index contributed by atoms with van der Waals surface area (Å²) in [6, 6.07) is 10.4. The van der Waals surface area contributed by atoms with Crippen molar-refractivity contribution in [1.82, 2.24) is 19.4 Å². The highest BCUT2D eigenvalue weighted by atomic mass is 16.5. The molecule has 0 atom stereocenters. The van der Waals surface area contributed by atoms with E-state index in [1.54, 1.807) is 40.9 Å². The second-order valence-electron chi connectivity index (χ2n) is 7.81. The van der Waals surface area contributed by atoms with Crippen molar-refractivity contribution in [3.8, 4) is 11.5 Å². The third kappa shape index (κ3) is 3.82. The molecule has 11 heteroatoms. The van der Waals surface area contributed by atoms with Gasteiger partial charge >= 0.3 is 7.12 Å². The summed E-state index contributed by atoms with van der Waals surface area (Å²) in [7, 11) is -1.53. The van der Waals surface area contributed by atoms with Crippen LogP contribution in [0.1, 0.15) is 32.9 Å². The zero-order chi connectivity index (χ0) is 23.1. The molecule has 166 valence electrons. The van der Waals surface area contributed by atoms with Gasteiger partial charge in [0.05, 0.1) is 30.2 Å². The minimum atomic E-state index is -1.53. The van der Waals surface area contributed by atoms with Gasteiger partial charge in [0.1, 0.15) is 17.2 Å². The Hall–Kier alpha value is -3.80. The molecule has 33 heavy (non-hydrogen) atoms. The molecule has 0 radical (unpaired) electrons. The molecule has 5 N–H and O–H groups in total. The highest BCUT2D eigenvalue weighted by Gasteiger charge is 2.24. The lowest BCUT2D eigenvalue weighted by molar-refractivity contribution is 0.100. The van der Waals surface area contributed by atoms with E-state index in [0.717, 1.165) is 16.8 Å². The van der Waals surface area contributed by atoms with Crippen LogP contribution in [0.3, 0.4) is 0 Å². The molecular formula is C22H21BN6O4. The van der Waals surface area contributed by atoms with Crippen LogP contribution in [0, 0.1) is 6.92 Å². The Balaban J connectivity index is 1.56. The number of carbonyl (C=O) groups excluding carboxylic acids is 1. The Bertz CT molecular complexity index is 1390. The van der Waals surface area contributed by atoms with Crippen LogP contribution in [0.2, 0.25) is 0 Å². The van der Waals surface area contributed by atoms with E-state index >= 15 is 0 Å². The molecule has 4 heterocycles. The van der Waals surface area contributed by atoms with Gasteiger partial charge in [-0.25, -0.2) is 15.0 Å². The number of nitrogens with two attached hydrogens (primary N) is 1. The zero-order valence-electron chi connectivity index (χ0n) is 17.8. The molecule has 0 unspecified atom stereocenters. The molecule has 10 nitrogen and oxygen atoms in total. The molecule has 0 bridgehead atoms. The Morgan fingerprint density at radius 3 is 2.85 bits per heavy atom. The summed E-state index contributed by atoms with van der Waals surface area (Å²) in [5.41, 5.74) is 10.6. The maximum Gasteiger partial charge on any atom is 0.488 e. The Kier molecular flexibility index (Phi) is 5.29. The number of rotatable bonds is 6. The first-order valence-electron chi connectivity index (χ1n) is 10.4. The lowest BCUT2D eigenvalue weighted by Gasteiger charge is -2.12. The van der Waals surface area contributed by atoms with E-state index in [2.05, 4.69) is 10.3 Å². The van der Waals surface area contributed by atoms with Crippen molar-refractivity contribution in [3.63, 3.8) is 0 Å². The maximum absolute atomic E-state index is 11.8. The van der Waals surface area contributed by atoms with Gasteiger partial charge in [0.2, 0.25) is 0 Å². The molecule has 0 saturated heterocycles. The summed E-state index contributed by atoms with van der Waals surface area (Å²) in [6.45, 7) is 3.01. The third-order valence-corrected chi connectivity index (χ3v) is 5.59. The molecule has 1 aliphatic heterocycles. The van der Waals surface area contributed by atoms with Crippen LogP contribution in [-0.2, 0) is 24.5 Å². The number of aromatic nitrogens is 4. The second-order valence-corrected chi connectivity index (χ2v) is 7.81. The predicted octanol–water partition coefficient (Wildman–Crippen LogP) is 0.521. The monoisotopic (exact) mass is 444 g/mol. The van der Waals surface area contributed by atoms with Crippen molar-refractivity contribution in [3.05, 3.63) is 70.7 Å². The molecule has 0 spiro atoms. The van der Waals surface area contributed by atoms with Crippen LogP contribution in [0.5, 0.6) is 0 Å². The average molecular weight is 444 g/mol. The predicted molar refractivity (Wildman–Crippen MR) is 122 cm³/mol. The molecule has 1 aliphatic rings. The van der Waals surface area contributed by atoms with Crippen molar-refractivity contribution in [1.29, 1.82) is 0 Å². The largest absolute Gasteiger partial charge is 0.488 e. The lowest BCUT2D eigenvalue weighted by atomic mass is 9.79. The number of primary amides is 1. The number of nitrogens with zero attached hydrogens (tertiary/aromatic N) is 4. The van der Waals surface area contributed by atoms with Crippen molar-refractivity contribution < 1.29 is 19.6 Å². The maximum atomic E-state index is 11.8. The molecule has 0 saturated carbocycles. The van der Waals surface area contributed by atoms with Crippen LogP contribution in [0.25, 0.3) is 17.2 Å². The van der Waals surface area contributed by atoms with Gasteiger partial charge in [0.25, 0.3) is 5.91 Å². The molecular weight excluding hydrogens is 423 g/mol. The zero-order valence-corrected chi connectivity index (χ0v) is 17.8. The van der Waals surface area contributed by atoms with Gasteiger partial charge < -0.3 is 25.8 Å². The van der Waals surface area contributed by atoms with Crippen LogP contribution >= 0.6 is 0 Å². The number of benzene rings is 1. The Labute approximate surface area is 189 Å². The minimum absolute atomic E-state index is 0.320. The molecule has 5 rings (SSSR count). The Morgan fingerprint density at radius 1 is 1.21 bits per heavy atom. The van der Waals surface area contributed by atoms with E-state index in [9.17, 15) is 14.8 Å². The Morgan fingerprint density at radius 2 is 2.06 bits per heavy atom. The topological polar surface area (TPSA) is 148 Å². The van der Waals surface area contributed by atoms with Crippen molar-refractivity contribution in [2.24, 2.45) is 5.73 Å². The molecule has 4 aromatic rings. The van der Waals surface area contributed by atoms with Crippen LogP contribution in [0.4, 0.5) is 5.82 Å². The van der Waals surface area contributed by atoms with Crippen LogP contribution in [0.15, 0.2) is 42.6 Å². The van der Waals surface area contributed by atoms with Gasteiger partial charge in [0, 0.05) is 18.3 Å². The fourth-order valence-corrected chi connectivity index (χ4v) is 4.00. The molecule has 3 aromatic heterocycles. The summed E-state index contributed by atoms with van der Waals surface area (Å²) < 4.78 is 7.37. The summed E-state index contributed by atoms with van der Waals surface area (Å²) in [4.78, 5) is 25.9. The quantitative estimate of drug-likeness (QED) is 0.315. The number of imidazole rings is 1. The van der Waals surface area contributed by atoms with Gasteiger partial charge in [-0.2, -0.15) is 0 Å². The number of ether oxygens (including phenoxy) is 1. The summed E-state index contributed by atoms with van der Waals surface area (Å²) in [5.74, 6) is 0.522. The number of hydrogen-bond acceptors (Lipinski definition) is 8. The summed E-state index contributed by atoms with van der Waals surface area (Å²) in [6.07, 6.45) is 1.79. The average Bonchev–Trinajstić information content (AvgIpc) is 3.40. The lowest BCUT2D eigenvalue weighted by Crippen LogP contribution is -2.30. The van der Waals surface area contributed by atoms with Crippen molar-refractivity contribution in [2.45, 2.75) is 26.7 Å². The van der Waals surface area contributed by atoms with Gasteiger partial charge in [-0.3, -0.25) is 9.20 Å². The number of anilines is 1. The number of pyridine rings is 1. The van der Waals surface area contributed by atoms with Gasteiger partial charge in [-0.15, -0.1) is 0 Å². The van der Waals surface area contributed by atoms with Crippen LogP contribution in [-0.4, -0.2) is 42.4 Å². The van der Waals surface area contributed by atoms with Gasteiger partial charge in [0.15, 0.2) is 5.82 Å². The highest BCUT2D eigenvalue weighted by Crippen LogP contribution is 2.30. The van der Waals surface area contributed by atoms with Crippen LogP contribution < -0.4 is 16.5 Å². The standard InChI is InChI=1S/C22H21BN6O4/c1-12-18(29-7-3-6-15(19(24)30)22(29)26-12)21-27-17-11-33-10-16(17)20(28-21)25-9-13-4-2-5-14(8-13)23(31)32/h2-8,31-32H,9-11H2,1H3,(H2,24,30)(H,25,27,28). The first-order chi connectivity index (χ1) is 15.9. The first kappa shape index (κ1) is 21.1. The normalized spacial score (nSPS) is 12.7. The van der Waals surface area contributed by atoms with Crippen molar-refractivity contribution in [2.75, 3.05) is 5.32 Å². The molecule has 0 fully saturated rings. The van der Waals surface area contributed by atoms with Crippen molar-refractivity contribution >= 4 is 30.0 Å². The fraction of sp³-hybridized carbons (Fsp3) is 0.182. The second kappa shape index (κ2) is 8.28.